The Kier molecular flexibility index (Phi) is 7.61. The van der Waals surface area contributed by atoms with Gasteiger partial charge in [-0.1, -0.05) is 37.5 Å². The maximum absolute atomic E-state index is 11.3. The first-order chi connectivity index (χ1) is 7.56. The Balaban J connectivity index is 4.75. The molecule has 0 aromatic carbocycles. The van der Waals surface area contributed by atoms with E-state index in [1.54, 1.807) is 0 Å². The van der Waals surface area contributed by atoms with E-state index in [4.69, 9.17) is 4.74 Å². The highest BCUT2D eigenvalue weighted by Crippen LogP contribution is 2.23. The van der Waals surface area contributed by atoms with E-state index in [-0.39, 0.29) is 5.97 Å². The monoisotopic (exact) mass is 224 g/mol. The lowest BCUT2D eigenvalue weighted by atomic mass is 9.92. The van der Waals surface area contributed by atoms with Crippen LogP contribution in [0.1, 0.15) is 46.5 Å². The van der Waals surface area contributed by atoms with Crippen LogP contribution < -0.4 is 0 Å². The van der Waals surface area contributed by atoms with Crippen molar-refractivity contribution in [1.82, 2.24) is 0 Å². The fourth-order valence-electron chi connectivity index (χ4n) is 1.56. The Morgan fingerprint density at radius 1 is 1.50 bits per heavy atom. The van der Waals surface area contributed by atoms with E-state index in [0.717, 1.165) is 19.3 Å². The van der Waals surface area contributed by atoms with Gasteiger partial charge in [0, 0.05) is 0 Å². The average molecular weight is 224 g/mol. The molecule has 0 aliphatic heterocycles. The van der Waals surface area contributed by atoms with Crippen molar-refractivity contribution in [3.63, 3.8) is 0 Å². The lowest BCUT2D eigenvalue weighted by Crippen LogP contribution is -2.06. The second-order valence-electron chi connectivity index (χ2n) is 4.17. The van der Waals surface area contributed by atoms with Crippen molar-refractivity contribution in [3.05, 3.63) is 23.8 Å². The van der Waals surface area contributed by atoms with Gasteiger partial charge in [-0.05, 0) is 25.7 Å². The number of esters is 1. The molecule has 0 aliphatic carbocycles. The number of carbonyl (C=O) groups is 1. The lowest BCUT2D eigenvalue weighted by molar-refractivity contribution is -0.139. The smallest absolute Gasteiger partial charge is 0.309 e. The van der Waals surface area contributed by atoms with E-state index in [2.05, 4.69) is 27.4 Å². The Labute approximate surface area is 99.4 Å². The zero-order valence-corrected chi connectivity index (χ0v) is 11.0. The summed E-state index contributed by atoms with van der Waals surface area (Å²) < 4.78 is 4.73. The molecule has 0 fully saturated rings. The predicted octanol–water partition coefficient (Wildman–Crippen LogP) is 3.88. The van der Waals surface area contributed by atoms with Gasteiger partial charge in [-0.2, -0.15) is 0 Å². The summed E-state index contributed by atoms with van der Waals surface area (Å²) in [6.45, 7) is 10.1. The van der Waals surface area contributed by atoms with Gasteiger partial charge in [0.25, 0.3) is 0 Å². The van der Waals surface area contributed by atoms with E-state index in [1.807, 2.05) is 6.08 Å². The number of rotatable bonds is 7. The van der Waals surface area contributed by atoms with Crippen molar-refractivity contribution in [2.75, 3.05) is 7.11 Å². The van der Waals surface area contributed by atoms with Crippen LogP contribution in [0.25, 0.3) is 0 Å². The molecule has 92 valence electrons. The Hall–Kier alpha value is -1.05. The molecule has 0 saturated heterocycles. The molecule has 0 rings (SSSR count). The van der Waals surface area contributed by atoms with E-state index in [1.165, 1.54) is 18.3 Å². The highest BCUT2D eigenvalue weighted by molar-refractivity contribution is 5.72. The molecule has 1 atom stereocenters. The van der Waals surface area contributed by atoms with Gasteiger partial charge >= 0.3 is 5.97 Å². The first-order valence-electron chi connectivity index (χ1n) is 5.94. The normalized spacial score (nSPS) is 14.0. The van der Waals surface area contributed by atoms with Gasteiger partial charge in [0.2, 0.25) is 0 Å². The maximum atomic E-state index is 11.3. The molecule has 0 bridgehead atoms. The zero-order chi connectivity index (χ0) is 12.6. The Bertz CT molecular complexity index is 264. The minimum atomic E-state index is -0.151. The maximum Gasteiger partial charge on any atom is 0.309 e. The van der Waals surface area contributed by atoms with Crippen molar-refractivity contribution < 1.29 is 9.53 Å². The van der Waals surface area contributed by atoms with E-state index >= 15 is 0 Å². The highest BCUT2D eigenvalue weighted by atomic mass is 16.5. The minimum absolute atomic E-state index is 0.151. The summed E-state index contributed by atoms with van der Waals surface area (Å²) in [5, 5.41) is 0. The third kappa shape index (κ3) is 5.15. The number of methoxy groups -OCH3 is 1. The van der Waals surface area contributed by atoms with Gasteiger partial charge in [0.1, 0.15) is 0 Å². The summed E-state index contributed by atoms with van der Waals surface area (Å²) in [5.74, 6) is 0.179. The molecule has 0 radical (unpaired) electrons. The van der Waals surface area contributed by atoms with Crippen LogP contribution in [0.3, 0.4) is 0 Å². The summed E-state index contributed by atoms with van der Waals surface area (Å²) in [4.78, 5) is 11.3. The number of carbonyl (C=O) groups excluding carboxylic acids is 1. The van der Waals surface area contributed by atoms with Crippen molar-refractivity contribution in [1.29, 1.82) is 0 Å². The first-order valence-corrected chi connectivity index (χ1v) is 5.94. The predicted molar refractivity (Wildman–Crippen MR) is 68.2 cm³/mol. The molecule has 2 heteroatoms. The van der Waals surface area contributed by atoms with Crippen molar-refractivity contribution >= 4 is 5.97 Å². The third-order valence-corrected chi connectivity index (χ3v) is 3.01. The highest BCUT2D eigenvalue weighted by Gasteiger charge is 2.11. The number of hydrogen-bond donors (Lipinski definition) is 0. The van der Waals surface area contributed by atoms with Crippen LogP contribution in [0.4, 0.5) is 0 Å². The topological polar surface area (TPSA) is 26.3 Å². The lowest BCUT2D eigenvalue weighted by Gasteiger charge is -2.14. The van der Waals surface area contributed by atoms with E-state index in [0.29, 0.717) is 12.3 Å². The fourth-order valence-corrected chi connectivity index (χ4v) is 1.56. The molecule has 0 spiro atoms. The summed E-state index contributed by atoms with van der Waals surface area (Å²) in [6, 6.07) is 0. The van der Waals surface area contributed by atoms with Crippen LogP contribution in [0.2, 0.25) is 0 Å². The van der Waals surface area contributed by atoms with E-state index in [9.17, 15) is 4.79 Å². The average Bonchev–Trinajstić information content (AvgIpc) is 2.31. The standard InChI is InChI=1S/C14H24O2/c1-6-8-9-13(10-14(15)16-5)12(4)11(3)7-2/h7,11H,2,6,8-10H2,1,3-5H3. The van der Waals surface area contributed by atoms with Gasteiger partial charge in [0.15, 0.2) is 0 Å². The molecule has 0 heterocycles. The second kappa shape index (κ2) is 8.14. The number of allylic oxidation sites excluding steroid dienone is 2. The van der Waals surface area contributed by atoms with Gasteiger partial charge in [-0.25, -0.2) is 0 Å². The number of unbranched alkanes of at least 4 members (excludes halogenated alkanes) is 1. The summed E-state index contributed by atoms with van der Waals surface area (Å²) in [7, 11) is 1.44. The molecule has 0 amide bonds. The first kappa shape index (κ1) is 14.9. The third-order valence-electron chi connectivity index (χ3n) is 3.01. The number of ether oxygens (including phenoxy) is 1. The molecule has 0 saturated carbocycles. The van der Waals surface area contributed by atoms with Crippen LogP contribution in [0.5, 0.6) is 0 Å². The molecule has 16 heavy (non-hydrogen) atoms. The van der Waals surface area contributed by atoms with Gasteiger partial charge < -0.3 is 4.74 Å². The molecule has 0 aromatic heterocycles. The Morgan fingerprint density at radius 3 is 2.56 bits per heavy atom. The van der Waals surface area contributed by atoms with E-state index < -0.39 is 0 Å². The van der Waals surface area contributed by atoms with Crippen LogP contribution in [0.15, 0.2) is 23.8 Å². The van der Waals surface area contributed by atoms with Crippen molar-refractivity contribution in [3.8, 4) is 0 Å². The van der Waals surface area contributed by atoms with Crippen molar-refractivity contribution in [2.45, 2.75) is 46.5 Å². The zero-order valence-electron chi connectivity index (χ0n) is 11.0. The summed E-state index contributed by atoms with van der Waals surface area (Å²) >= 11 is 0. The van der Waals surface area contributed by atoms with Crippen LogP contribution >= 0.6 is 0 Å². The van der Waals surface area contributed by atoms with Crippen LogP contribution in [0, 0.1) is 5.92 Å². The quantitative estimate of drug-likeness (QED) is 0.484. The molecule has 2 nitrogen and oxygen atoms in total. The summed E-state index contributed by atoms with van der Waals surface area (Å²) in [6.07, 6.45) is 5.57. The molecule has 0 aromatic rings. The van der Waals surface area contributed by atoms with Gasteiger partial charge in [0.05, 0.1) is 13.5 Å². The molecular weight excluding hydrogens is 200 g/mol. The SMILES string of the molecule is C=CC(C)C(C)=C(CCCC)CC(=O)OC. The van der Waals surface area contributed by atoms with Crippen LogP contribution in [-0.4, -0.2) is 13.1 Å². The van der Waals surface area contributed by atoms with Crippen LogP contribution in [-0.2, 0) is 9.53 Å². The van der Waals surface area contributed by atoms with Crippen molar-refractivity contribution in [2.24, 2.45) is 5.92 Å². The van der Waals surface area contributed by atoms with Gasteiger partial charge in [-0.3, -0.25) is 4.79 Å². The fraction of sp³-hybridized carbons (Fsp3) is 0.643. The second-order valence-corrected chi connectivity index (χ2v) is 4.17. The largest absolute Gasteiger partial charge is 0.469 e. The summed E-state index contributed by atoms with van der Waals surface area (Å²) in [5.41, 5.74) is 2.47. The molecule has 0 aliphatic rings. The molecular formula is C14H24O2. The molecule has 1 unspecified atom stereocenters. The number of hydrogen-bond acceptors (Lipinski definition) is 2. The Morgan fingerprint density at radius 2 is 2.12 bits per heavy atom. The molecule has 0 N–H and O–H groups in total. The minimum Gasteiger partial charge on any atom is -0.469 e. The van der Waals surface area contributed by atoms with Gasteiger partial charge in [-0.15, -0.1) is 6.58 Å².